The summed E-state index contributed by atoms with van der Waals surface area (Å²) in [5, 5.41) is 0. The van der Waals surface area contributed by atoms with Crippen LogP contribution in [0.2, 0.25) is 4.90 Å². The normalized spacial score (nSPS) is 23.8. The number of hydrogen-bond donors (Lipinski definition) is 0. The molecule has 16 heavy (non-hydrogen) atoms. The predicted octanol–water partition coefficient (Wildman–Crippen LogP) is 4.35. The van der Waals surface area contributed by atoms with Gasteiger partial charge in [-0.25, -0.2) is 0 Å². The van der Waals surface area contributed by atoms with Gasteiger partial charge in [0.05, 0.1) is 0 Å². The summed E-state index contributed by atoms with van der Waals surface area (Å²) < 4.78 is 2.32. The minimum absolute atomic E-state index is 0.773. The second-order valence-electron chi connectivity index (χ2n) is 4.11. The maximum absolute atomic E-state index is 2.41. The Kier molecular flexibility index (Phi) is 3.38. The third-order valence-electron chi connectivity index (χ3n) is 3.08. The first-order valence-corrected chi connectivity index (χ1v) is 10.2. The zero-order chi connectivity index (χ0) is 10.8. The average Bonchev–Trinajstić information content (AvgIpc) is 3.02. The van der Waals surface area contributed by atoms with Gasteiger partial charge in [-0.1, -0.05) is 0 Å². The van der Waals surface area contributed by atoms with Crippen molar-refractivity contribution in [3.05, 3.63) is 72.9 Å². The summed E-state index contributed by atoms with van der Waals surface area (Å²) in [5.74, 6) is 0. The van der Waals surface area contributed by atoms with Gasteiger partial charge < -0.3 is 0 Å². The molecule has 1 heteroatoms. The van der Waals surface area contributed by atoms with Crippen LogP contribution in [-0.2, 0) is 0 Å². The Morgan fingerprint density at radius 2 is 0.688 bits per heavy atom. The van der Waals surface area contributed by atoms with Crippen molar-refractivity contribution in [1.82, 2.24) is 0 Å². The molecule has 0 saturated carbocycles. The summed E-state index contributed by atoms with van der Waals surface area (Å²) in [4.78, 5) is 0. The zero-order valence-electron chi connectivity index (χ0n) is 9.07. The molecule has 0 atom stereocenters. The number of rotatable bonds is 3. The molecule has 3 aliphatic rings. The van der Waals surface area contributed by atoms with Crippen LogP contribution in [0.1, 0.15) is 0 Å². The van der Waals surface area contributed by atoms with Gasteiger partial charge in [0.25, 0.3) is 0 Å². The van der Waals surface area contributed by atoms with Crippen molar-refractivity contribution in [3.8, 4) is 0 Å². The van der Waals surface area contributed by atoms with E-state index in [0.29, 0.717) is 0 Å². The standard InChI is InChI=1S/3C5H5.Sm/c3*1-2-4-5-3-1;/h3*1-5H;. The van der Waals surface area contributed by atoms with Gasteiger partial charge in [-0.3, -0.25) is 0 Å². The summed E-state index contributed by atoms with van der Waals surface area (Å²) in [6.07, 6.45) is 27.8. The molecule has 0 unspecified atom stereocenters. The van der Waals surface area contributed by atoms with E-state index in [9.17, 15) is 0 Å². The third-order valence-corrected chi connectivity index (χ3v) is 12.2. The van der Waals surface area contributed by atoms with Crippen molar-refractivity contribution >= 4 is 0 Å². The van der Waals surface area contributed by atoms with Crippen molar-refractivity contribution in [2.75, 3.05) is 0 Å². The molecule has 0 bridgehead atoms. The first-order chi connectivity index (χ1) is 7.95. The molecule has 0 fully saturated rings. The molecule has 81 valence electrons. The van der Waals surface area contributed by atoms with E-state index in [0.717, 1.165) is 4.90 Å². The number of allylic oxidation sites excluding steroid dienone is 12. The quantitative estimate of drug-likeness (QED) is 0.713. The van der Waals surface area contributed by atoms with Gasteiger partial charge in [-0.2, -0.15) is 0 Å². The molecule has 0 heterocycles. The molecule has 0 aromatic carbocycles. The van der Waals surface area contributed by atoms with Crippen molar-refractivity contribution in [3.63, 3.8) is 0 Å². The molecule has 0 aromatic heterocycles. The summed E-state index contributed by atoms with van der Waals surface area (Å²) in [6, 6.07) is 0. The number of hydrogen-bond acceptors (Lipinski definition) is 0. The van der Waals surface area contributed by atoms with Gasteiger partial charge in [-0.05, 0) is 0 Å². The van der Waals surface area contributed by atoms with Crippen LogP contribution in [0.5, 0.6) is 0 Å². The SMILES string of the molecule is C1=C[CH]([Sm]([CH]2C=CC=C2)[CH]2C=CC=C2)C=C1. The Hall–Kier alpha value is -0.222. The van der Waals surface area contributed by atoms with Gasteiger partial charge >= 0.3 is 112 Å². The first-order valence-electron chi connectivity index (χ1n) is 5.71. The van der Waals surface area contributed by atoms with Crippen molar-refractivity contribution in [1.29, 1.82) is 0 Å². The van der Waals surface area contributed by atoms with E-state index in [2.05, 4.69) is 72.9 Å². The monoisotopic (exact) mass is 347 g/mol. The van der Waals surface area contributed by atoms with Gasteiger partial charge in [-0.15, -0.1) is 0 Å². The van der Waals surface area contributed by atoms with Crippen molar-refractivity contribution < 1.29 is 34.2 Å². The second-order valence-corrected chi connectivity index (χ2v) is 12.0. The van der Waals surface area contributed by atoms with Crippen molar-refractivity contribution in [2.24, 2.45) is 0 Å². The van der Waals surface area contributed by atoms with Gasteiger partial charge in [0.2, 0.25) is 0 Å². The van der Waals surface area contributed by atoms with Crippen LogP contribution in [-0.4, -0.2) is 0 Å². The Morgan fingerprint density at radius 1 is 0.438 bits per heavy atom. The van der Waals surface area contributed by atoms with Crippen LogP contribution in [0, 0.1) is 34.2 Å². The van der Waals surface area contributed by atoms with E-state index in [1.807, 2.05) is 0 Å². The fraction of sp³-hybridized carbons (Fsp3) is 0.200. The Labute approximate surface area is 111 Å². The second kappa shape index (κ2) is 4.96. The molecule has 3 rings (SSSR count). The van der Waals surface area contributed by atoms with E-state index in [-0.39, 0.29) is 0 Å². The summed E-state index contributed by atoms with van der Waals surface area (Å²) >= 11 is -1.53. The van der Waals surface area contributed by atoms with Gasteiger partial charge in [0.1, 0.15) is 0 Å². The first kappa shape index (κ1) is 10.9. The van der Waals surface area contributed by atoms with Crippen LogP contribution in [0.4, 0.5) is 0 Å². The average molecular weight is 346 g/mol. The molecular formula is C15H15Sm. The maximum atomic E-state index is 2.41. The molecule has 0 amide bonds. The van der Waals surface area contributed by atoms with Crippen LogP contribution in [0.15, 0.2) is 72.9 Å². The Balaban J connectivity index is 1.87. The molecule has 0 radical (unpaired) electrons. The zero-order valence-corrected chi connectivity index (χ0v) is 11.7. The molecule has 0 aliphatic heterocycles. The third kappa shape index (κ3) is 2.09. The van der Waals surface area contributed by atoms with Gasteiger partial charge in [0, 0.05) is 0 Å². The topological polar surface area (TPSA) is 0 Å². The van der Waals surface area contributed by atoms with Crippen LogP contribution in [0.3, 0.4) is 0 Å². The van der Waals surface area contributed by atoms with E-state index in [4.69, 9.17) is 0 Å². The molecule has 0 nitrogen and oxygen atoms in total. The van der Waals surface area contributed by atoms with E-state index < -0.39 is 34.2 Å². The summed E-state index contributed by atoms with van der Waals surface area (Å²) in [5.41, 5.74) is 0. The molecule has 0 aromatic rings. The molecule has 0 spiro atoms. The molecular weight excluding hydrogens is 331 g/mol. The predicted molar refractivity (Wildman–Crippen MR) is 66.1 cm³/mol. The summed E-state index contributed by atoms with van der Waals surface area (Å²) in [6.45, 7) is 0. The van der Waals surface area contributed by atoms with E-state index in [1.165, 1.54) is 0 Å². The Morgan fingerprint density at radius 3 is 0.938 bits per heavy atom. The van der Waals surface area contributed by atoms with Crippen molar-refractivity contribution in [2.45, 2.75) is 4.90 Å². The minimum atomic E-state index is -1.53. The van der Waals surface area contributed by atoms with Crippen LogP contribution in [0.25, 0.3) is 0 Å². The van der Waals surface area contributed by atoms with Gasteiger partial charge in [0.15, 0.2) is 0 Å². The molecule has 0 N–H and O–H groups in total. The van der Waals surface area contributed by atoms with E-state index >= 15 is 0 Å². The van der Waals surface area contributed by atoms with Crippen LogP contribution < -0.4 is 0 Å². The van der Waals surface area contributed by atoms with E-state index in [1.54, 1.807) is 0 Å². The van der Waals surface area contributed by atoms with Crippen LogP contribution >= 0.6 is 0 Å². The fourth-order valence-electron chi connectivity index (χ4n) is 2.32. The summed E-state index contributed by atoms with van der Waals surface area (Å²) in [7, 11) is 0. The fourth-order valence-corrected chi connectivity index (χ4v) is 11.1. The Bertz CT molecular complexity index is 332. The molecule has 0 saturated heterocycles. The molecule has 3 aliphatic carbocycles.